The zero-order valence-corrected chi connectivity index (χ0v) is 12.6. The maximum Gasteiger partial charge on any atom is 0.183 e. The number of methoxy groups -OCH3 is 1. The smallest absolute Gasteiger partial charge is 0.183 e. The van der Waals surface area contributed by atoms with Crippen molar-refractivity contribution in [3.05, 3.63) is 11.8 Å². The fourth-order valence-corrected chi connectivity index (χ4v) is 2.66. The van der Waals surface area contributed by atoms with Crippen molar-refractivity contribution in [2.24, 2.45) is 0 Å². The van der Waals surface area contributed by atoms with Gasteiger partial charge < -0.3 is 14.2 Å². The molecule has 0 aliphatic carbocycles. The molecular formula is C13H26O3Si. The molecule has 0 amide bonds. The summed E-state index contributed by atoms with van der Waals surface area (Å²) < 4.78 is 16.8. The lowest BCUT2D eigenvalue weighted by molar-refractivity contribution is -0.185. The van der Waals surface area contributed by atoms with Crippen molar-refractivity contribution >= 4 is 8.07 Å². The topological polar surface area (TPSA) is 27.7 Å². The third kappa shape index (κ3) is 6.36. The first kappa shape index (κ1) is 14.9. The van der Waals surface area contributed by atoms with E-state index in [9.17, 15) is 0 Å². The van der Waals surface area contributed by atoms with Gasteiger partial charge in [-0.3, -0.25) is 0 Å². The largest absolute Gasteiger partial charge is 0.369 e. The maximum atomic E-state index is 5.85. The van der Waals surface area contributed by atoms with Gasteiger partial charge in [-0.2, -0.15) is 0 Å². The molecule has 1 aliphatic heterocycles. The van der Waals surface area contributed by atoms with E-state index in [0.717, 1.165) is 25.9 Å². The van der Waals surface area contributed by atoms with Crippen molar-refractivity contribution in [3.63, 3.8) is 0 Å². The van der Waals surface area contributed by atoms with Gasteiger partial charge in [-0.15, -0.1) is 0 Å². The van der Waals surface area contributed by atoms with Gasteiger partial charge >= 0.3 is 0 Å². The molecule has 1 aliphatic rings. The summed E-state index contributed by atoms with van der Waals surface area (Å²) >= 11 is 0. The Hall–Kier alpha value is -0.163. The highest BCUT2D eigenvalue weighted by molar-refractivity contribution is 6.80. The molecule has 0 bridgehead atoms. The quantitative estimate of drug-likeness (QED) is 0.710. The van der Waals surface area contributed by atoms with Crippen molar-refractivity contribution in [3.8, 4) is 0 Å². The predicted molar refractivity (Wildman–Crippen MR) is 72.8 cm³/mol. The van der Waals surface area contributed by atoms with Gasteiger partial charge in [0.2, 0.25) is 0 Å². The van der Waals surface area contributed by atoms with Gasteiger partial charge in [0.1, 0.15) is 6.10 Å². The molecule has 0 aromatic carbocycles. The fraction of sp³-hybridized carbons (Fsp3) is 0.846. The number of rotatable bonds is 5. The van der Waals surface area contributed by atoms with E-state index >= 15 is 0 Å². The fourth-order valence-electron chi connectivity index (χ4n) is 1.85. The van der Waals surface area contributed by atoms with E-state index in [1.165, 1.54) is 0 Å². The minimum absolute atomic E-state index is 0.0776. The molecule has 0 radical (unpaired) electrons. The summed E-state index contributed by atoms with van der Waals surface area (Å²) in [5.41, 5.74) is 2.31. The Morgan fingerprint density at radius 3 is 2.71 bits per heavy atom. The van der Waals surface area contributed by atoms with Gasteiger partial charge in [-0.1, -0.05) is 31.4 Å². The Kier molecular flexibility index (Phi) is 6.41. The first-order chi connectivity index (χ1) is 8.03. The highest BCUT2D eigenvalue weighted by Gasteiger charge is 2.24. The second kappa shape index (κ2) is 7.31. The molecule has 0 N–H and O–H groups in total. The summed E-state index contributed by atoms with van der Waals surface area (Å²) in [6.45, 7) is 8.39. The zero-order valence-electron chi connectivity index (χ0n) is 11.6. The Morgan fingerprint density at radius 1 is 1.29 bits per heavy atom. The Morgan fingerprint density at radius 2 is 2.06 bits per heavy atom. The Bertz CT molecular complexity index is 235. The lowest BCUT2D eigenvalue weighted by Gasteiger charge is -2.23. The molecule has 4 heteroatoms. The van der Waals surface area contributed by atoms with Crippen LogP contribution < -0.4 is 0 Å². The van der Waals surface area contributed by atoms with Crippen LogP contribution in [0.25, 0.3) is 0 Å². The van der Waals surface area contributed by atoms with E-state index in [1.807, 2.05) is 0 Å². The summed E-state index contributed by atoms with van der Waals surface area (Å²) in [4.78, 5) is 0. The molecule has 1 heterocycles. The van der Waals surface area contributed by atoms with Crippen molar-refractivity contribution in [2.45, 2.75) is 51.3 Å². The van der Waals surface area contributed by atoms with Gasteiger partial charge in [0.25, 0.3) is 0 Å². The first-order valence-corrected chi connectivity index (χ1v) is 10.0. The summed E-state index contributed by atoms with van der Waals surface area (Å²) in [5, 5.41) is 0. The van der Waals surface area contributed by atoms with E-state index in [1.54, 1.807) is 7.11 Å². The standard InChI is InChI=1S/C13H26O3Si/c1-14-13-12(8-5-6-9-16-13)15-10-7-11-17(2,3)4/h7,11-13H,5-6,8-10H2,1-4H3/b11-7-/t12-,13?/m0/s1. The van der Waals surface area contributed by atoms with E-state index in [2.05, 4.69) is 31.4 Å². The third-order valence-corrected chi connectivity index (χ3v) is 3.96. The molecule has 0 saturated carbocycles. The van der Waals surface area contributed by atoms with Gasteiger partial charge in [-0.05, 0) is 19.3 Å². The highest BCUT2D eigenvalue weighted by atomic mass is 28.3. The molecule has 0 spiro atoms. The monoisotopic (exact) mass is 258 g/mol. The zero-order chi connectivity index (χ0) is 12.7. The molecule has 100 valence electrons. The van der Waals surface area contributed by atoms with Crippen LogP contribution in [0.15, 0.2) is 11.8 Å². The van der Waals surface area contributed by atoms with Crippen LogP contribution in [0.3, 0.4) is 0 Å². The second-order valence-electron chi connectivity index (χ2n) is 5.61. The molecule has 2 atom stereocenters. The van der Waals surface area contributed by atoms with Crippen LogP contribution in [-0.4, -0.2) is 40.8 Å². The van der Waals surface area contributed by atoms with Crippen molar-refractivity contribution in [1.82, 2.24) is 0 Å². The summed E-state index contributed by atoms with van der Waals surface area (Å²) in [6.07, 6.45) is 5.31. The first-order valence-electron chi connectivity index (χ1n) is 6.46. The van der Waals surface area contributed by atoms with Crippen molar-refractivity contribution in [2.75, 3.05) is 20.3 Å². The van der Waals surface area contributed by atoms with Crippen LogP contribution in [0.1, 0.15) is 19.3 Å². The molecule has 0 aromatic rings. The number of ether oxygens (including phenoxy) is 3. The van der Waals surface area contributed by atoms with Gasteiger partial charge in [-0.25, -0.2) is 0 Å². The molecule has 1 unspecified atom stereocenters. The predicted octanol–water partition coefficient (Wildman–Crippen LogP) is 2.98. The Labute approximate surface area is 106 Å². The van der Waals surface area contributed by atoms with Crippen LogP contribution in [0.5, 0.6) is 0 Å². The van der Waals surface area contributed by atoms with Crippen LogP contribution >= 0.6 is 0 Å². The normalized spacial score (nSPS) is 27.3. The molecule has 1 rings (SSSR count). The minimum atomic E-state index is -1.10. The van der Waals surface area contributed by atoms with Crippen molar-refractivity contribution in [1.29, 1.82) is 0 Å². The maximum absolute atomic E-state index is 5.85. The van der Waals surface area contributed by atoms with Crippen LogP contribution in [-0.2, 0) is 14.2 Å². The summed E-state index contributed by atoms with van der Waals surface area (Å²) in [5.74, 6) is 0. The molecule has 17 heavy (non-hydrogen) atoms. The van der Waals surface area contributed by atoms with E-state index < -0.39 is 8.07 Å². The SMILES string of the molecule is COC1OCCCC[C@@H]1OC/C=C\[Si](C)(C)C. The molecule has 1 saturated heterocycles. The molecule has 3 nitrogen and oxygen atoms in total. The van der Waals surface area contributed by atoms with Gasteiger partial charge in [0.15, 0.2) is 6.29 Å². The lowest BCUT2D eigenvalue weighted by atomic mass is 10.2. The average molecular weight is 258 g/mol. The Balaban J connectivity index is 2.35. The van der Waals surface area contributed by atoms with E-state index in [4.69, 9.17) is 14.2 Å². The number of hydrogen-bond donors (Lipinski definition) is 0. The lowest BCUT2D eigenvalue weighted by Crippen LogP contribution is -2.32. The van der Waals surface area contributed by atoms with E-state index in [-0.39, 0.29) is 12.4 Å². The van der Waals surface area contributed by atoms with Crippen molar-refractivity contribution < 1.29 is 14.2 Å². The third-order valence-electron chi connectivity index (χ3n) is 2.73. The summed E-state index contributed by atoms with van der Waals surface area (Å²) in [7, 11) is 0.583. The van der Waals surface area contributed by atoms with Crippen LogP contribution in [0.2, 0.25) is 19.6 Å². The minimum Gasteiger partial charge on any atom is -0.369 e. The van der Waals surface area contributed by atoms with Gasteiger partial charge in [0.05, 0.1) is 14.7 Å². The van der Waals surface area contributed by atoms with Gasteiger partial charge in [0, 0.05) is 13.7 Å². The van der Waals surface area contributed by atoms with Crippen LogP contribution in [0.4, 0.5) is 0 Å². The van der Waals surface area contributed by atoms with Crippen LogP contribution in [0, 0.1) is 0 Å². The molecule has 1 fully saturated rings. The number of hydrogen-bond acceptors (Lipinski definition) is 3. The summed E-state index contributed by atoms with van der Waals surface area (Å²) in [6, 6.07) is 0. The average Bonchev–Trinajstić information content (AvgIpc) is 2.47. The second-order valence-corrected chi connectivity index (χ2v) is 10.7. The van der Waals surface area contributed by atoms with E-state index in [0.29, 0.717) is 6.61 Å². The molecule has 0 aromatic heterocycles. The molecular weight excluding hydrogens is 232 g/mol. The highest BCUT2D eigenvalue weighted by Crippen LogP contribution is 2.17.